The van der Waals surface area contributed by atoms with Crippen LogP contribution in [0.5, 0.6) is 0 Å². The van der Waals surface area contributed by atoms with Gasteiger partial charge in [-0.3, -0.25) is 9.89 Å². The van der Waals surface area contributed by atoms with Gasteiger partial charge in [-0.2, -0.15) is 0 Å². The Morgan fingerprint density at radius 1 is 1.25 bits per heavy atom. The maximum atomic E-state index is 12.4. The third-order valence-corrected chi connectivity index (χ3v) is 4.37. The lowest BCUT2D eigenvalue weighted by Gasteiger charge is -2.32. The minimum atomic E-state index is -2.24. The Hall–Kier alpha value is -1.69. The maximum absolute atomic E-state index is 12.4. The number of hydrogen-bond acceptors (Lipinski definition) is 2. The lowest BCUT2D eigenvalue weighted by atomic mass is 10.1. The molecule has 0 bridgehead atoms. The normalized spacial score (nSPS) is 17.3. The molecule has 0 spiro atoms. The zero-order valence-corrected chi connectivity index (χ0v) is 14.6. The Morgan fingerprint density at radius 3 is 2.50 bits per heavy atom. The van der Waals surface area contributed by atoms with Crippen LogP contribution in [0.2, 0.25) is 0 Å². The molecule has 1 aromatic rings. The molecule has 2 rings (SSSR count). The second-order valence-electron chi connectivity index (χ2n) is 6.34. The third-order valence-electron chi connectivity index (χ3n) is 4.37. The molecule has 0 unspecified atom stereocenters. The van der Waals surface area contributed by atoms with Crippen LogP contribution in [0.15, 0.2) is 29.3 Å². The number of halogens is 2. The molecule has 24 heavy (non-hydrogen) atoms. The van der Waals surface area contributed by atoms with Gasteiger partial charge in [-0.05, 0) is 31.7 Å². The van der Waals surface area contributed by atoms with Crippen molar-refractivity contribution in [2.75, 3.05) is 33.2 Å². The molecule has 2 N–H and O–H groups in total. The molecule has 1 heterocycles. The molecule has 1 fully saturated rings. The third kappa shape index (κ3) is 6.43. The van der Waals surface area contributed by atoms with Crippen LogP contribution in [-0.4, -0.2) is 56.6 Å². The van der Waals surface area contributed by atoms with Gasteiger partial charge in [0, 0.05) is 32.7 Å². The number of alkyl halides is 2. The van der Waals surface area contributed by atoms with Crippen molar-refractivity contribution in [3.63, 3.8) is 0 Å². The van der Waals surface area contributed by atoms with Crippen molar-refractivity contribution in [2.45, 2.75) is 38.7 Å². The first-order valence-corrected chi connectivity index (χ1v) is 8.60. The van der Waals surface area contributed by atoms with E-state index in [4.69, 9.17) is 0 Å². The van der Waals surface area contributed by atoms with Crippen LogP contribution in [0.25, 0.3) is 0 Å². The zero-order valence-electron chi connectivity index (χ0n) is 14.6. The zero-order chi connectivity index (χ0) is 17.4. The van der Waals surface area contributed by atoms with Gasteiger partial charge in [0.05, 0.1) is 6.54 Å². The number of aryl methyl sites for hydroxylation is 1. The van der Waals surface area contributed by atoms with Crippen LogP contribution in [0.1, 0.15) is 24.0 Å². The summed E-state index contributed by atoms with van der Waals surface area (Å²) in [4.78, 5) is 6.09. The number of aliphatic imine (C=N–C) groups is 1. The fourth-order valence-electron chi connectivity index (χ4n) is 2.92. The quantitative estimate of drug-likeness (QED) is 0.618. The smallest absolute Gasteiger partial charge is 0.251 e. The molecule has 0 atom stereocenters. The van der Waals surface area contributed by atoms with Gasteiger partial charge in [-0.25, -0.2) is 8.78 Å². The first kappa shape index (κ1) is 18.6. The molecule has 1 aliphatic rings. The van der Waals surface area contributed by atoms with Crippen LogP contribution >= 0.6 is 0 Å². The van der Waals surface area contributed by atoms with E-state index in [1.807, 2.05) is 4.90 Å². The molecule has 1 saturated heterocycles. The Balaban J connectivity index is 1.68. The number of likely N-dealkylation sites (tertiary alicyclic amines) is 1. The van der Waals surface area contributed by atoms with Gasteiger partial charge in [0.1, 0.15) is 0 Å². The fourth-order valence-corrected chi connectivity index (χ4v) is 2.92. The number of nitrogens with zero attached hydrogens (tertiary/aromatic N) is 2. The lowest BCUT2D eigenvalue weighted by Crippen LogP contribution is -2.49. The van der Waals surface area contributed by atoms with Gasteiger partial charge in [0.2, 0.25) is 0 Å². The first-order valence-electron chi connectivity index (χ1n) is 8.60. The SMILES string of the molecule is CN=C(NCCc1ccc(C)cc1)NC1CCN(CC(F)F)CC1. The van der Waals surface area contributed by atoms with Gasteiger partial charge in [-0.1, -0.05) is 29.8 Å². The molecule has 134 valence electrons. The second kappa shape index (κ2) is 9.57. The molecule has 6 heteroatoms. The van der Waals surface area contributed by atoms with E-state index in [0.717, 1.165) is 31.8 Å². The van der Waals surface area contributed by atoms with E-state index < -0.39 is 6.43 Å². The highest BCUT2D eigenvalue weighted by Gasteiger charge is 2.21. The highest BCUT2D eigenvalue weighted by atomic mass is 19.3. The number of nitrogens with one attached hydrogen (secondary N) is 2. The van der Waals surface area contributed by atoms with Crippen molar-refractivity contribution in [2.24, 2.45) is 4.99 Å². The van der Waals surface area contributed by atoms with Gasteiger partial charge in [-0.15, -0.1) is 0 Å². The van der Waals surface area contributed by atoms with Gasteiger partial charge >= 0.3 is 0 Å². The Bertz CT molecular complexity index is 508. The van der Waals surface area contributed by atoms with E-state index in [1.54, 1.807) is 7.05 Å². The maximum Gasteiger partial charge on any atom is 0.251 e. The minimum absolute atomic E-state index is 0.115. The molecule has 0 saturated carbocycles. The molecule has 0 amide bonds. The van der Waals surface area contributed by atoms with E-state index in [9.17, 15) is 8.78 Å². The van der Waals surface area contributed by atoms with Crippen LogP contribution in [-0.2, 0) is 6.42 Å². The highest BCUT2D eigenvalue weighted by molar-refractivity contribution is 5.79. The molecule has 1 aliphatic heterocycles. The Morgan fingerprint density at radius 2 is 1.92 bits per heavy atom. The number of guanidine groups is 1. The second-order valence-corrected chi connectivity index (χ2v) is 6.34. The van der Waals surface area contributed by atoms with E-state index in [1.165, 1.54) is 11.1 Å². The Kier molecular flexibility index (Phi) is 7.43. The summed E-state index contributed by atoms with van der Waals surface area (Å²) in [6, 6.07) is 8.83. The Labute approximate surface area is 143 Å². The predicted octanol–water partition coefficient (Wildman–Crippen LogP) is 2.43. The standard InChI is InChI=1S/C18H28F2N4/c1-14-3-5-15(6-4-14)7-10-22-18(21-2)23-16-8-11-24(12-9-16)13-17(19)20/h3-6,16-17H,7-13H2,1-2H3,(H2,21,22,23). The van der Waals surface area contributed by atoms with E-state index in [-0.39, 0.29) is 6.54 Å². The van der Waals surface area contributed by atoms with E-state index >= 15 is 0 Å². The van der Waals surface area contributed by atoms with Crippen molar-refractivity contribution < 1.29 is 8.78 Å². The van der Waals surface area contributed by atoms with E-state index in [0.29, 0.717) is 19.1 Å². The molecule has 0 radical (unpaired) electrons. The van der Waals surface area contributed by atoms with E-state index in [2.05, 4.69) is 46.8 Å². The van der Waals surface area contributed by atoms with Crippen molar-refractivity contribution >= 4 is 5.96 Å². The summed E-state index contributed by atoms with van der Waals surface area (Å²) in [7, 11) is 1.76. The predicted molar refractivity (Wildman–Crippen MR) is 94.8 cm³/mol. The first-order chi connectivity index (χ1) is 11.6. The summed E-state index contributed by atoms with van der Waals surface area (Å²) in [6.07, 6.45) is 0.426. The monoisotopic (exact) mass is 338 g/mol. The van der Waals surface area contributed by atoms with Crippen molar-refractivity contribution in [1.29, 1.82) is 0 Å². The topological polar surface area (TPSA) is 39.7 Å². The molecular weight excluding hydrogens is 310 g/mol. The summed E-state index contributed by atoms with van der Waals surface area (Å²) in [5.74, 6) is 0.787. The van der Waals surface area contributed by atoms with Gasteiger partial charge in [0.15, 0.2) is 5.96 Å². The molecule has 0 aliphatic carbocycles. The molecule has 4 nitrogen and oxygen atoms in total. The molecule has 0 aromatic heterocycles. The number of hydrogen-bond donors (Lipinski definition) is 2. The lowest BCUT2D eigenvalue weighted by molar-refractivity contribution is 0.0744. The summed E-state index contributed by atoms with van der Waals surface area (Å²) in [6.45, 7) is 4.20. The fraction of sp³-hybridized carbons (Fsp3) is 0.611. The van der Waals surface area contributed by atoms with Gasteiger partial charge in [0.25, 0.3) is 6.43 Å². The molecule has 1 aromatic carbocycles. The van der Waals surface area contributed by atoms with Crippen LogP contribution in [0, 0.1) is 6.92 Å². The van der Waals surface area contributed by atoms with Crippen LogP contribution in [0.3, 0.4) is 0 Å². The largest absolute Gasteiger partial charge is 0.356 e. The summed E-state index contributed by atoms with van der Waals surface area (Å²) in [5, 5.41) is 6.73. The van der Waals surface area contributed by atoms with Crippen molar-refractivity contribution in [3.8, 4) is 0 Å². The number of rotatable bonds is 6. The minimum Gasteiger partial charge on any atom is -0.356 e. The number of piperidine rings is 1. The molecular formula is C18H28F2N4. The highest BCUT2D eigenvalue weighted by Crippen LogP contribution is 2.11. The van der Waals surface area contributed by atoms with Crippen LogP contribution in [0.4, 0.5) is 8.78 Å². The number of benzene rings is 1. The van der Waals surface area contributed by atoms with Crippen molar-refractivity contribution in [3.05, 3.63) is 35.4 Å². The average Bonchev–Trinajstić information content (AvgIpc) is 2.57. The van der Waals surface area contributed by atoms with Crippen molar-refractivity contribution in [1.82, 2.24) is 15.5 Å². The summed E-state index contributed by atoms with van der Waals surface area (Å²) >= 11 is 0. The summed E-state index contributed by atoms with van der Waals surface area (Å²) in [5.41, 5.74) is 2.56. The summed E-state index contributed by atoms with van der Waals surface area (Å²) < 4.78 is 24.8. The average molecular weight is 338 g/mol. The van der Waals surface area contributed by atoms with Crippen LogP contribution < -0.4 is 10.6 Å². The van der Waals surface area contributed by atoms with Gasteiger partial charge < -0.3 is 10.6 Å².